The zero-order valence-corrected chi connectivity index (χ0v) is 15.1. The number of Topliss-reactive ketones (excluding diaryl/α,β-unsaturated/α-hetero) is 1. The van der Waals surface area contributed by atoms with Crippen molar-refractivity contribution in [3.8, 4) is 5.75 Å². The fraction of sp³-hybridized carbons (Fsp3) is 0.476. The molecule has 1 fully saturated rings. The standard InChI is InChI=1S/C21H28N2O2/c1-25-21-12-5-4-10-19(21)23-16-14-22(15-17-23)13-7-6-11-20(24)18-8-2-3-9-18/h2-5,8-10,12,18H,6-7,11,13-17H2,1H3. The quantitative estimate of drug-likeness (QED) is 0.680. The van der Waals surface area contributed by atoms with E-state index in [1.807, 2.05) is 36.4 Å². The van der Waals surface area contributed by atoms with Gasteiger partial charge in [-0.05, 0) is 31.5 Å². The zero-order valence-electron chi connectivity index (χ0n) is 15.1. The second kappa shape index (κ2) is 8.86. The fourth-order valence-electron chi connectivity index (χ4n) is 3.55. The molecule has 134 valence electrons. The Morgan fingerprint density at radius 3 is 2.52 bits per heavy atom. The van der Waals surface area contributed by atoms with Crippen molar-refractivity contribution < 1.29 is 9.53 Å². The molecule has 3 rings (SSSR count). The summed E-state index contributed by atoms with van der Waals surface area (Å²) in [5.74, 6) is 1.33. The van der Waals surface area contributed by atoms with Crippen LogP contribution >= 0.6 is 0 Å². The van der Waals surface area contributed by atoms with Crippen LogP contribution in [0.15, 0.2) is 48.6 Å². The van der Waals surface area contributed by atoms with E-state index in [-0.39, 0.29) is 5.92 Å². The van der Waals surface area contributed by atoms with E-state index in [0.29, 0.717) is 12.2 Å². The zero-order chi connectivity index (χ0) is 17.5. The lowest BCUT2D eigenvalue weighted by atomic mass is 10.0. The maximum absolute atomic E-state index is 12.0. The van der Waals surface area contributed by atoms with Crippen molar-refractivity contribution >= 4 is 11.5 Å². The number of anilines is 1. The third-order valence-electron chi connectivity index (χ3n) is 5.07. The molecule has 2 aliphatic rings. The van der Waals surface area contributed by atoms with Gasteiger partial charge in [0.25, 0.3) is 0 Å². The van der Waals surface area contributed by atoms with Crippen LogP contribution in [-0.2, 0) is 4.79 Å². The normalized spacial score (nSPS) is 18.0. The molecule has 1 aliphatic carbocycles. The maximum atomic E-state index is 12.0. The smallest absolute Gasteiger partial charge is 0.143 e. The molecule has 0 amide bonds. The van der Waals surface area contributed by atoms with E-state index in [2.05, 4.69) is 21.9 Å². The minimum absolute atomic E-state index is 0.0318. The van der Waals surface area contributed by atoms with Gasteiger partial charge in [-0.3, -0.25) is 9.69 Å². The summed E-state index contributed by atoms with van der Waals surface area (Å²) in [6.07, 6.45) is 10.7. The monoisotopic (exact) mass is 340 g/mol. The van der Waals surface area contributed by atoms with E-state index in [4.69, 9.17) is 4.74 Å². The summed E-state index contributed by atoms with van der Waals surface area (Å²) in [5.41, 5.74) is 1.19. The SMILES string of the molecule is COc1ccccc1N1CCN(CCCCC(=O)C2C=CC=C2)CC1. The molecule has 1 saturated heterocycles. The van der Waals surface area contributed by atoms with Gasteiger partial charge in [-0.2, -0.15) is 0 Å². The first-order chi connectivity index (χ1) is 12.3. The number of carbonyl (C=O) groups is 1. The van der Waals surface area contributed by atoms with Crippen molar-refractivity contribution in [2.75, 3.05) is 44.7 Å². The molecule has 4 nitrogen and oxygen atoms in total. The maximum Gasteiger partial charge on any atom is 0.143 e. The van der Waals surface area contributed by atoms with Crippen LogP contribution in [0.5, 0.6) is 5.75 Å². The van der Waals surface area contributed by atoms with Crippen molar-refractivity contribution in [1.82, 2.24) is 4.90 Å². The summed E-state index contributed by atoms with van der Waals surface area (Å²) in [4.78, 5) is 16.9. The number of unbranched alkanes of at least 4 members (excludes halogenated alkanes) is 1. The van der Waals surface area contributed by atoms with Crippen molar-refractivity contribution in [2.24, 2.45) is 5.92 Å². The molecule has 1 aromatic carbocycles. The summed E-state index contributed by atoms with van der Waals surface area (Å²) >= 11 is 0. The van der Waals surface area contributed by atoms with Gasteiger partial charge < -0.3 is 9.64 Å². The molecular weight excluding hydrogens is 312 g/mol. The van der Waals surface area contributed by atoms with Gasteiger partial charge in [-0.25, -0.2) is 0 Å². The van der Waals surface area contributed by atoms with Crippen LogP contribution in [0.4, 0.5) is 5.69 Å². The number of ether oxygens (including phenoxy) is 1. The first-order valence-electron chi connectivity index (χ1n) is 9.26. The number of carbonyl (C=O) groups excluding carboxylic acids is 1. The number of nitrogens with zero attached hydrogens (tertiary/aromatic N) is 2. The summed E-state index contributed by atoms with van der Waals surface area (Å²) < 4.78 is 5.47. The lowest BCUT2D eigenvalue weighted by molar-refractivity contribution is -0.120. The Morgan fingerprint density at radius 1 is 1.08 bits per heavy atom. The molecule has 1 aliphatic heterocycles. The summed E-state index contributed by atoms with van der Waals surface area (Å²) in [5, 5.41) is 0. The highest BCUT2D eigenvalue weighted by Gasteiger charge is 2.19. The molecule has 25 heavy (non-hydrogen) atoms. The molecule has 1 heterocycles. The molecule has 0 atom stereocenters. The van der Waals surface area contributed by atoms with Crippen LogP contribution in [-0.4, -0.2) is 50.5 Å². The largest absolute Gasteiger partial charge is 0.495 e. The van der Waals surface area contributed by atoms with Crippen LogP contribution in [0.3, 0.4) is 0 Å². The van der Waals surface area contributed by atoms with E-state index in [1.54, 1.807) is 7.11 Å². The average Bonchev–Trinajstić information content (AvgIpc) is 3.20. The van der Waals surface area contributed by atoms with Crippen LogP contribution in [0.25, 0.3) is 0 Å². The minimum atomic E-state index is 0.0318. The van der Waals surface area contributed by atoms with Crippen molar-refractivity contribution in [1.29, 1.82) is 0 Å². The lowest BCUT2D eigenvalue weighted by Crippen LogP contribution is -2.46. The topological polar surface area (TPSA) is 32.8 Å². The van der Waals surface area contributed by atoms with Crippen molar-refractivity contribution in [2.45, 2.75) is 19.3 Å². The number of allylic oxidation sites excluding steroid dienone is 4. The molecule has 0 bridgehead atoms. The molecule has 0 N–H and O–H groups in total. The van der Waals surface area contributed by atoms with Gasteiger partial charge in [0, 0.05) is 32.6 Å². The highest BCUT2D eigenvalue weighted by atomic mass is 16.5. The second-order valence-corrected chi connectivity index (χ2v) is 6.72. The average molecular weight is 340 g/mol. The Balaban J connectivity index is 1.36. The lowest BCUT2D eigenvalue weighted by Gasteiger charge is -2.36. The van der Waals surface area contributed by atoms with Gasteiger partial charge in [0.05, 0.1) is 18.7 Å². The molecule has 1 aromatic rings. The second-order valence-electron chi connectivity index (χ2n) is 6.72. The molecule has 0 aromatic heterocycles. The van der Waals surface area contributed by atoms with Gasteiger partial charge >= 0.3 is 0 Å². The predicted molar refractivity (Wildman–Crippen MR) is 102 cm³/mol. The number of ketones is 1. The Bertz CT molecular complexity index is 619. The van der Waals surface area contributed by atoms with E-state index >= 15 is 0 Å². The first-order valence-corrected chi connectivity index (χ1v) is 9.26. The van der Waals surface area contributed by atoms with E-state index in [1.165, 1.54) is 5.69 Å². The molecular formula is C21H28N2O2. The van der Waals surface area contributed by atoms with Crippen LogP contribution in [0.1, 0.15) is 19.3 Å². The molecule has 4 heteroatoms. The number of rotatable bonds is 8. The summed E-state index contributed by atoms with van der Waals surface area (Å²) in [7, 11) is 1.73. The fourth-order valence-corrected chi connectivity index (χ4v) is 3.55. The predicted octanol–water partition coefficient (Wildman–Crippen LogP) is 3.30. The third-order valence-corrected chi connectivity index (χ3v) is 5.07. The molecule has 0 spiro atoms. The highest BCUT2D eigenvalue weighted by molar-refractivity contribution is 5.85. The van der Waals surface area contributed by atoms with E-state index in [0.717, 1.165) is 51.3 Å². The Labute approximate surface area is 150 Å². The van der Waals surface area contributed by atoms with Crippen molar-refractivity contribution in [3.05, 3.63) is 48.6 Å². The van der Waals surface area contributed by atoms with Gasteiger partial charge in [0.15, 0.2) is 0 Å². The van der Waals surface area contributed by atoms with Gasteiger partial charge in [-0.15, -0.1) is 0 Å². The van der Waals surface area contributed by atoms with Crippen molar-refractivity contribution in [3.63, 3.8) is 0 Å². The first kappa shape index (κ1) is 17.7. The Kier molecular flexibility index (Phi) is 6.29. The van der Waals surface area contributed by atoms with Crippen LogP contribution in [0.2, 0.25) is 0 Å². The third kappa shape index (κ3) is 4.73. The van der Waals surface area contributed by atoms with Crippen LogP contribution in [0, 0.1) is 5.92 Å². The van der Waals surface area contributed by atoms with Crippen LogP contribution < -0.4 is 9.64 Å². The molecule has 0 radical (unpaired) electrons. The van der Waals surface area contributed by atoms with E-state index < -0.39 is 0 Å². The van der Waals surface area contributed by atoms with Gasteiger partial charge in [-0.1, -0.05) is 36.4 Å². The minimum Gasteiger partial charge on any atom is -0.495 e. The number of hydrogen-bond acceptors (Lipinski definition) is 4. The number of benzene rings is 1. The Hall–Kier alpha value is -2.07. The number of para-hydroxylation sites is 2. The number of piperazine rings is 1. The highest BCUT2D eigenvalue weighted by Crippen LogP contribution is 2.28. The summed E-state index contributed by atoms with van der Waals surface area (Å²) in [6, 6.07) is 8.23. The number of methoxy groups -OCH3 is 1. The van der Waals surface area contributed by atoms with Gasteiger partial charge in [0.2, 0.25) is 0 Å². The van der Waals surface area contributed by atoms with E-state index in [9.17, 15) is 4.79 Å². The Morgan fingerprint density at radius 2 is 1.80 bits per heavy atom. The summed E-state index contributed by atoms with van der Waals surface area (Å²) in [6.45, 7) is 5.28. The van der Waals surface area contributed by atoms with Gasteiger partial charge in [0.1, 0.15) is 11.5 Å². The number of hydrogen-bond donors (Lipinski definition) is 0. The molecule has 0 saturated carbocycles. The molecule has 0 unspecified atom stereocenters.